The van der Waals surface area contributed by atoms with E-state index in [1.54, 1.807) is 27.3 Å². The highest BCUT2D eigenvalue weighted by atomic mass is 32.2. The lowest BCUT2D eigenvalue weighted by Crippen LogP contribution is -2.35. The molecule has 2 aromatic carbocycles. The van der Waals surface area contributed by atoms with Gasteiger partial charge >= 0.3 is 0 Å². The van der Waals surface area contributed by atoms with E-state index in [-0.39, 0.29) is 23.7 Å². The summed E-state index contributed by atoms with van der Waals surface area (Å²) in [6, 6.07) is 16.3. The summed E-state index contributed by atoms with van der Waals surface area (Å²) in [4.78, 5) is 2.31. The minimum Gasteiger partial charge on any atom is -0.298 e. The predicted molar refractivity (Wildman–Crippen MR) is 117 cm³/mol. The van der Waals surface area contributed by atoms with Crippen molar-refractivity contribution in [2.45, 2.75) is 12.6 Å². The molecule has 0 amide bonds. The maximum Gasteiger partial charge on any atom is 0.211 e. The van der Waals surface area contributed by atoms with E-state index in [1.807, 2.05) is 42.6 Å². The van der Waals surface area contributed by atoms with E-state index in [1.165, 1.54) is 12.3 Å². The van der Waals surface area contributed by atoms with Crippen molar-refractivity contribution in [2.75, 3.05) is 25.9 Å². The summed E-state index contributed by atoms with van der Waals surface area (Å²) in [5.74, 6) is 0.191. The maximum absolute atomic E-state index is 14.0. The van der Waals surface area contributed by atoms with Gasteiger partial charge in [0, 0.05) is 38.6 Å². The van der Waals surface area contributed by atoms with Crippen LogP contribution in [-0.4, -0.2) is 53.3 Å². The second-order valence-electron chi connectivity index (χ2n) is 8.53. The third-order valence-electron chi connectivity index (χ3n) is 6.45. The normalized spacial score (nSPS) is 24.5. The molecule has 8 heteroatoms. The lowest BCUT2D eigenvalue weighted by molar-refractivity contribution is 0.260. The second-order valence-corrected chi connectivity index (χ2v) is 10.5. The Morgan fingerprint density at radius 2 is 1.87 bits per heavy atom. The van der Waals surface area contributed by atoms with Gasteiger partial charge < -0.3 is 0 Å². The summed E-state index contributed by atoms with van der Waals surface area (Å²) in [6.07, 6.45) is 4.85. The van der Waals surface area contributed by atoms with E-state index in [4.69, 9.17) is 0 Å². The van der Waals surface area contributed by atoms with Gasteiger partial charge in [-0.05, 0) is 47.2 Å². The lowest BCUT2D eigenvalue weighted by atomic mass is 9.90. The van der Waals surface area contributed by atoms with Crippen molar-refractivity contribution >= 4 is 10.0 Å². The van der Waals surface area contributed by atoms with Crippen LogP contribution in [0.2, 0.25) is 0 Å². The third kappa shape index (κ3) is 3.91. The van der Waals surface area contributed by atoms with Gasteiger partial charge in [-0.3, -0.25) is 4.90 Å². The van der Waals surface area contributed by atoms with Crippen molar-refractivity contribution in [3.05, 3.63) is 83.9 Å². The van der Waals surface area contributed by atoms with Gasteiger partial charge in [0.2, 0.25) is 10.0 Å². The van der Waals surface area contributed by atoms with Crippen LogP contribution in [0.1, 0.15) is 17.2 Å². The lowest BCUT2D eigenvalue weighted by Gasteiger charge is -2.28. The van der Waals surface area contributed by atoms with E-state index in [0.717, 1.165) is 29.9 Å². The third-order valence-corrected chi connectivity index (χ3v) is 7.68. The molecule has 3 aromatic rings. The predicted octanol–water partition coefficient (Wildman–Crippen LogP) is 3.08. The molecular weight excluding hydrogens is 415 g/mol. The molecule has 2 aliphatic rings. The molecule has 0 radical (unpaired) electrons. The van der Waals surface area contributed by atoms with E-state index in [9.17, 15) is 12.8 Å². The van der Waals surface area contributed by atoms with Gasteiger partial charge in [-0.1, -0.05) is 30.3 Å². The summed E-state index contributed by atoms with van der Waals surface area (Å²) in [6.45, 7) is 2.68. The molecule has 2 saturated heterocycles. The number of aromatic nitrogens is 2. The molecule has 3 heterocycles. The van der Waals surface area contributed by atoms with Crippen molar-refractivity contribution < 1.29 is 12.8 Å². The highest BCUT2D eigenvalue weighted by Gasteiger charge is 2.50. The largest absolute Gasteiger partial charge is 0.298 e. The highest BCUT2D eigenvalue weighted by Crippen LogP contribution is 2.46. The molecule has 6 nitrogen and oxygen atoms in total. The van der Waals surface area contributed by atoms with Crippen molar-refractivity contribution in [1.82, 2.24) is 19.0 Å². The zero-order valence-electron chi connectivity index (χ0n) is 17.3. The summed E-state index contributed by atoms with van der Waals surface area (Å²) in [5.41, 5.74) is 2.77. The summed E-state index contributed by atoms with van der Waals surface area (Å²) < 4.78 is 42.4. The Kier molecular flexibility index (Phi) is 5.16. The van der Waals surface area contributed by atoms with Gasteiger partial charge in [0.15, 0.2) is 0 Å². The van der Waals surface area contributed by atoms with Gasteiger partial charge in [0.25, 0.3) is 0 Å². The number of halogens is 1. The fourth-order valence-corrected chi connectivity index (χ4v) is 6.34. The van der Waals surface area contributed by atoms with Gasteiger partial charge in [0.05, 0.1) is 18.0 Å². The van der Waals surface area contributed by atoms with Crippen molar-refractivity contribution in [3.63, 3.8) is 0 Å². The van der Waals surface area contributed by atoms with Crippen molar-refractivity contribution in [3.8, 4) is 5.69 Å². The number of fused-ring (bicyclic) bond motifs is 1. The first-order valence-corrected chi connectivity index (χ1v) is 12.3. The molecule has 1 aromatic heterocycles. The van der Waals surface area contributed by atoms with Crippen LogP contribution in [0.4, 0.5) is 4.39 Å². The average Bonchev–Trinajstić information content (AvgIpc) is 3.44. The Morgan fingerprint density at radius 3 is 2.58 bits per heavy atom. The summed E-state index contributed by atoms with van der Waals surface area (Å²) >= 11 is 0. The molecule has 2 aliphatic heterocycles. The van der Waals surface area contributed by atoms with Crippen LogP contribution in [-0.2, 0) is 16.6 Å². The number of rotatable bonds is 5. The van der Waals surface area contributed by atoms with Gasteiger partial charge in [-0.25, -0.2) is 17.5 Å². The van der Waals surface area contributed by atoms with E-state index < -0.39 is 10.0 Å². The second kappa shape index (κ2) is 7.85. The summed E-state index contributed by atoms with van der Waals surface area (Å²) in [7, 11) is -3.31. The first-order chi connectivity index (χ1) is 14.9. The number of likely N-dealkylation sites (tertiary alicyclic amines) is 1. The molecule has 2 fully saturated rings. The Morgan fingerprint density at radius 1 is 1.06 bits per heavy atom. The first-order valence-electron chi connectivity index (χ1n) is 10.4. The van der Waals surface area contributed by atoms with Crippen LogP contribution in [0.5, 0.6) is 0 Å². The van der Waals surface area contributed by atoms with Gasteiger partial charge in [0.1, 0.15) is 5.82 Å². The molecule has 0 saturated carbocycles. The molecule has 0 N–H and O–H groups in total. The van der Waals surface area contributed by atoms with E-state index >= 15 is 0 Å². The summed E-state index contributed by atoms with van der Waals surface area (Å²) in [5, 5.41) is 4.30. The fourth-order valence-electron chi connectivity index (χ4n) is 5.19. The standard InChI is InChI=1S/C23H25FN4O2S/c1-31(29,30)28-15-19-14-26(16-21(19)23(28)17-6-3-2-4-7-17)13-18-12-20(24)8-9-22(18)27-11-5-10-25-27/h2-12,19,21,23H,13-16H2,1H3/t19-,21-,23+/m1/s1. The number of hydrogen-bond donors (Lipinski definition) is 0. The van der Waals surface area contributed by atoms with Crippen LogP contribution < -0.4 is 0 Å². The molecule has 0 bridgehead atoms. The topological polar surface area (TPSA) is 58.4 Å². The Labute approximate surface area is 182 Å². The Hall–Kier alpha value is -2.55. The zero-order chi connectivity index (χ0) is 21.6. The molecule has 3 atom stereocenters. The number of nitrogens with zero attached hydrogens (tertiary/aromatic N) is 4. The number of sulfonamides is 1. The number of benzene rings is 2. The molecule has 0 unspecified atom stereocenters. The van der Waals surface area contributed by atoms with Crippen molar-refractivity contribution in [2.24, 2.45) is 11.8 Å². The fraction of sp³-hybridized carbons (Fsp3) is 0.348. The molecule has 162 valence electrons. The first kappa shape index (κ1) is 20.4. The van der Waals surface area contributed by atoms with Gasteiger partial charge in [-0.2, -0.15) is 9.40 Å². The molecular formula is C23H25FN4O2S. The SMILES string of the molecule is CS(=O)(=O)N1C[C@H]2CN(Cc3cc(F)ccc3-n3cccn3)C[C@H]2[C@@H]1c1ccccc1. The minimum atomic E-state index is -3.31. The van der Waals surface area contributed by atoms with Crippen LogP contribution in [0, 0.1) is 17.7 Å². The van der Waals surface area contributed by atoms with E-state index in [2.05, 4.69) is 10.00 Å². The highest BCUT2D eigenvalue weighted by molar-refractivity contribution is 7.88. The van der Waals surface area contributed by atoms with Crippen LogP contribution in [0.15, 0.2) is 67.0 Å². The molecule has 0 aliphatic carbocycles. The Bertz CT molecular complexity index is 1170. The van der Waals surface area contributed by atoms with Gasteiger partial charge in [-0.15, -0.1) is 0 Å². The van der Waals surface area contributed by atoms with Crippen LogP contribution >= 0.6 is 0 Å². The smallest absolute Gasteiger partial charge is 0.211 e. The zero-order valence-corrected chi connectivity index (χ0v) is 18.1. The van der Waals surface area contributed by atoms with Crippen LogP contribution in [0.25, 0.3) is 5.69 Å². The van der Waals surface area contributed by atoms with E-state index in [0.29, 0.717) is 13.1 Å². The Balaban J connectivity index is 1.41. The molecule has 0 spiro atoms. The maximum atomic E-state index is 14.0. The monoisotopic (exact) mass is 440 g/mol. The van der Waals surface area contributed by atoms with Crippen LogP contribution in [0.3, 0.4) is 0 Å². The molecule has 5 rings (SSSR count). The molecule has 31 heavy (non-hydrogen) atoms. The average molecular weight is 441 g/mol. The number of hydrogen-bond acceptors (Lipinski definition) is 4. The quantitative estimate of drug-likeness (QED) is 0.612. The van der Waals surface area contributed by atoms with Crippen molar-refractivity contribution in [1.29, 1.82) is 0 Å². The minimum absolute atomic E-state index is 0.163.